The van der Waals surface area contributed by atoms with Crippen molar-refractivity contribution in [3.63, 3.8) is 0 Å². The first-order valence-electron chi connectivity index (χ1n) is 5.44. The molecule has 0 bridgehead atoms. The highest BCUT2D eigenvalue weighted by molar-refractivity contribution is 5.39. The number of benzene rings is 1. The zero-order chi connectivity index (χ0) is 13.1. The Morgan fingerprint density at radius 3 is 2.83 bits per heavy atom. The number of rotatable bonds is 4. The minimum Gasteiger partial charge on any atom is -0.496 e. The maximum absolute atomic E-state index is 13.4. The van der Waals surface area contributed by atoms with Gasteiger partial charge in [0.05, 0.1) is 7.11 Å². The van der Waals surface area contributed by atoms with Gasteiger partial charge in [-0.1, -0.05) is 0 Å². The van der Waals surface area contributed by atoms with Crippen LogP contribution >= 0.6 is 0 Å². The van der Waals surface area contributed by atoms with Crippen LogP contribution in [0.5, 0.6) is 5.75 Å². The molecule has 0 aliphatic heterocycles. The van der Waals surface area contributed by atoms with E-state index in [1.54, 1.807) is 18.5 Å². The van der Waals surface area contributed by atoms with Gasteiger partial charge in [0.25, 0.3) is 0 Å². The van der Waals surface area contributed by atoms with Gasteiger partial charge in [-0.15, -0.1) is 0 Å². The van der Waals surface area contributed by atoms with E-state index in [2.05, 4.69) is 10.4 Å². The van der Waals surface area contributed by atoms with Crippen LogP contribution in [0.3, 0.4) is 0 Å². The molecule has 0 aliphatic rings. The van der Waals surface area contributed by atoms with E-state index in [0.29, 0.717) is 17.1 Å². The minimum atomic E-state index is -0.435. The highest BCUT2D eigenvalue weighted by Gasteiger charge is 2.21. The van der Waals surface area contributed by atoms with Crippen molar-refractivity contribution in [2.45, 2.75) is 6.04 Å². The molecule has 2 rings (SSSR count). The molecule has 0 saturated heterocycles. The number of aryl methyl sites for hydroxylation is 1. The molecule has 1 aromatic carbocycles. The molecular weight excluding hydrogens is 235 g/mol. The molecule has 0 saturated carbocycles. The summed E-state index contributed by atoms with van der Waals surface area (Å²) < 4.78 is 20.4. The number of methoxy groups -OCH3 is 1. The molecule has 1 aromatic heterocycles. The Morgan fingerprint density at radius 1 is 1.50 bits per heavy atom. The average molecular weight is 250 g/mol. The lowest BCUT2D eigenvalue weighted by molar-refractivity contribution is 0.400. The predicted molar refractivity (Wildman–Crippen MR) is 65.3 cm³/mol. The molecule has 96 valence electrons. The summed E-state index contributed by atoms with van der Waals surface area (Å²) in [5, 5.41) is 0. The first-order chi connectivity index (χ1) is 8.67. The third-order valence-electron chi connectivity index (χ3n) is 2.79. The summed E-state index contributed by atoms with van der Waals surface area (Å²) in [5.74, 6) is 6.45. The molecule has 6 heteroatoms. The molecule has 0 aliphatic carbocycles. The Balaban J connectivity index is 2.51. The highest BCUT2D eigenvalue weighted by Crippen LogP contribution is 2.29. The second-order valence-electron chi connectivity index (χ2n) is 3.88. The van der Waals surface area contributed by atoms with Crippen molar-refractivity contribution in [2.24, 2.45) is 12.9 Å². The fourth-order valence-electron chi connectivity index (χ4n) is 1.89. The second-order valence-corrected chi connectivity index (χ2v) is 3.88. The van der Waals surface area contributed by atoms with Crippen molar-refractivity contribution < 1.29 is 9.13 Å². The van der Waals surface area contributed by atoms with E-state index < -0.39 is 6.04 Å². The Morgan fingerprint density at radius 2 is 2.28 bits per heavy atom. The highest BCUT2D eigenvalue weighted by atomic mass is 19.1. The molecule has 0 amide bonds. The van der Waals surface area contributed by atoms with Crippen molar-refractivity contribution in [1.29, 1.82) is 0 Å². The molecule has 1 unspecified atom stereocenters. The zero-order valence-corrected chi connectivity index (χ0v) is 10.2. The molecule has 5 nitrogen and oxygen atoms in total. The Kier molecular flexibility index (Phi) is 3.59. The summed E-state index contributed by atoms with van der Waals surface area (Å²) in [4.78, 5) is 4.21. The Labute approximate surface area is 104 Å². The fourth-order valence-corrected chi connectivity index (χ4v) is 1.89. The molecule has 18 heavy (non-hydrogen) atoms. The standard InChI is InChI=1S/C12H15FN4O/c1-17-6-5-15-12(17)11(16-14)9-7-8(13)3-4-10(9)18-2/h3-7,11,16H,14H2,1-2H3. The normalized spacial score (nSPS) is 12.4. The third kappa shape index (κ3) is 2.20. The molecule has 1 atom stereocenters. The molecule has 2 aromatic rings. The molecule has 1 heterocycles. The lowest BCUT2D eigenvalue weighted by Gasteiger charge is -2.18. The number of nitrogens with zero attached hydrogens (tertiary/aromatic N) is 2. The third-order valence-corrected chi connectivity index (χ3v) is 2.79. The zero-order valence-electron chi connectivity index (χ0n) is 10.2. The summed E-state index contributed by atoms with van der Waals surface area (Å²) >= 11 is 0. The van der Waals surface area contributed by atoms with Gasteiger partial charge in [0.15, 0.2) is 0 Å². The molecular formula is C12H15FN4O. The van der Waals surface area contributed by atoms with E-state index >= 15 is 0 Å². The maximum atomic E-state index is 13.4. The van der Waals surface area contributed by atoms with Gasteiger partial charge >= 0.3 is 0 Å². The van der Waals surface area contributed by atoms with E-state index in [-0.39, 0.29) is 5.82 Å². The summed E-state index contributed by atoms with van der Waals surface area (Å²) in [6.07, 6.45) is 3.46. The first-order valence-corrected chi connectivity index (χ1v) is 5.44. The number of hydrogen-bond acceptors (Lipinski definition) is 4. The van der Waals surface area contributed by atoms with Crippen LogP contribution in [0.4, 0.5) is 4.39 Å². The molecule has 0 fully saturated rings. The Bertz CT molecular complexity index is 541. The monoisotopic (exact) mass is 250 g/mol. The smallest absolute Gasteiger partial charge is 0.131 e. The number of hydrogen-bond donors (Lipinski definition) is 2. The molecule has 0 radical (unpaired) electrons. The van der Waals surface area contributed by atoms with Gasteiger partial charge in [0, 0.05) is 25.0 Å². The predicted octanol–water partition coefficient (Wildman–Crippen LogP) is 1.12. The van der Waals surface area contributed by atoms with Crippen molar-refractivity contribution in [3.8, 4) is 5.75 Å². The van der Waals surface area contributed by atoms with E-state index in [4.69, 9.17) is 10.6 Å². The number of ether oxygens (including phenoxy) is 1. The summed E-state index contributed by atoms with van der Waals surface area (Å²) in [6.45, 7) is 0. The van der Waals surface area contributed by atoms with E-state index in [9.17, 15) is 4.39 Å². The van der Waals surface area contributed by atoms with Crippen LogP contribution in [0.25, 0.3) is 0 Å². The van der Waals surface area contributed by atoms with Crippen molar-refractivity contribution in [2.75, 3.05) is 7.11 Å². The van der Waals surface area contributed by atoms with Crippen LogP contribution in [0.15, 0.2) is 30.6 Å². The lowest BCUT2D eigenvalue weighted by Crippen LogP contribution is -2.31. The number of hydrazine groups is 1. The second kappa shape index (κ2) is 5.16. The van der Waals surface area contributed by atoms with Gasteiger partial charge in [0.1, 0.15) is 23.4 Å². The van der Waals surface area contributed by atoms with Gasteiger partial charge in [-0.05, 0) is 18.2 Å². The number of halogens is 1. The Hall–Kier alpha value is -1.92. The number of imidazole rings is 1. The van der Waals surface area contributed by atoms with Crippen molar-refractivity contribution in [3.05, 3.63) is 47.8 Å². The quantitative estimate of drug-likeness (QED) is 0.630. The van der Waals surface area contributed by atoms with Crippen molar-refractivity contribution >= 4 is 0 Å². The van der Waals surface area contributed by atoms with Crippen LogP contribution in [0, 0.1) is 5.82 Å². The number of nitrogens with one attached hydrogen (secondary N) is 1. The summed E-state index contributed by atoms with van der Waals surface area (Å²) in [7, 11) is 3.38. The first kappa shape index (κ1) is 12.5. The lowest BCUT2D eigenvalue weighted by atomic mass is 10.1. The SMILES string of the molecule is COc1ccc(F)cc1C(NN)c1nccn1C. The van der Waals surface area contributed by atoms with Crippen molar-refractivity contribution in [1.82, 2.24) is 15.0 Å². The van der Waals surface area contributed by atoms with E-state index in [1.165, 1.54) is 19.2 Å². The fraction of sp³-hybridized carbons (Fsp3) is 0.250. The maximum Gasteiger partial charge on any atom is 0.131 e. The van der Waals surface area contributed by atoms with Crippen LogP contribution < -0.4 is 16.0 Å². The largest absolute Gasteiger partial charge is 0.496 e. The van der Waals surface area contributed by atoms with Crippen LogP contribution in [0.2, 0.25) is 0 Å². The topological polar surface area (TPSA) is 65.1 Å². The summed E-state index contributed by atoms with van der Waals surface area (Å²) in [5.41, 5.74) is 3.24. The van der Waals surface area contributed by atoms with Gasteiger partial charge in [-0.3, -0.25) is 5.84 Å². The van der Waals surface area contributed by atoms with E-state index in [0.717, 1.165) is 0 Å². The van der Waals surface area contributed by atoms with Crippen LogP contribution in [-0.4, -0.2) is 16.7 Å². The average Bonchev–Trinajstić information content (AvgIpc) is 2.77. The number of nitrogens with two attached hydrogens (primary N) is 1. The van der Waals surface area contributed by atoms with Gasteiger partial charge in [-0.2, -0.15) is 0 Å². The van der Waals surface area contributed by atoms with Gasteiger partial charge < -0.3 is 9.30 Å². The van der Waals surface area contributed by atoms with Gasteiger partial charge in [0.2, 0.25) is 0 Å². The minimum absolute atomic E-state index is 0.347. The van der Waals surface area contributed by atoms with Gasteiger partial charge in [-0.25, -0.2) is 14.8 Å². The van der Waals surface area contributed by atoms with Crippen LogP contribution in [-0.2, 0) is 7.05 Å². The number of aromatic nitrogens is 2. The van der Waals surface area contributed by atoms with E-state index in [1.807, 2.05) is 11.6 Å². The molecule has 0 spiro atoms. The summed E-state index contributed by atoms with van der Waals surface area (Å²) in [6, 6.07) is 3.86. The van der Waals surface area contributed by atoms with Crippen LogP contribution in [0.1, 0.15) is 17.4 Å². The molecule has 3 N–H and O–H groups in total.